The second-order valence-corrected chi connectivity index (χ2v) is 7.12. The van der Waals surface area contributed by atoms with Crippen LogP contribution in [0.2, 0.25) is 0 Å². The molecule has 152 valence electrons. The molecule has 3 N–H and O–H groups in total. The molecule has 2 heterocycles. The third-order valence-electron chi connectivity index (χ3n) is 5.50. The van der Waals surface area contributed by atoms with Gasteiger partial charge in [0.1, 0.15) is 6.54 Å². The van der Waals surface area contributed by atoms with Gasteiger partial charge in [0.15, 0.2) is 0 Å². The normalized spacial score (nSPS) is 19.7. The minimum absolute atomic E-state index is 0. The average Bonchev–Trinajstić information content (AvgIpc) is 2.95. The van der Waals surface area contributed by atoms with Crippen molar-refractivity contribution in [2.24, 2.45) is 0 Å². The van der Waals surface area contributed by atoms with E-state index < -0.39 is 24.3 Å². The summed E-state index contributed by atoms with van der Waals surface area (Å²) in [6, 6.07) is 3.57. The van der Waals surface area contributed by atoms with Gasteiger partial charge in [0, 0.05) is 17.8 Å². The lowest BCUT2D eigenvalue weighted by Crippen LogP contribution is -2.50. The molecule has 1 spiro atoms. The zero-order valence-electron chi connectivity index (χ0n) is 14.9. The van der Waals surface area contributed by atoms with E-state index in [0.717, 1.165) is 57.5 Å². The van der Waals surface area contributed by atoms with Gasteiger partial charge in [-0.25, -0.2) is 0 Å². The smallest absolute Gasteiger partial charge is 0.416 e. The number of anilines is 1. The Labute approximate surface area is 162 Å². The summed E-state index contributed by atoms with van der Waals surface area (Å²) in [6.45, 7) is 2.93. The molecule has 0 atom stereocenters. The second kappa shape index (κ2) is 8.67. The number of benzene rings is 1. The summed E-state index contributed by atoms with van der Waals surface area (Å²) in [6.07, 6.45) is -0.204. The molecule has 2 aliphatic rings. The number of likely N-dealkylation sites (tertiary alicyclic amines) is 1. The Bertz CT molecular complexity index is 664. The number of piperidine rings is 1. The maximum Gasteiger partial charge on any atom is 0.416 e. The molecule has 0 amide bonds. The molecule has 2 fully saturated rings. The largest absolute Gasteiger partial charge is 0.480 e. The van der Waals surface area contributed by atoms with E-state index in [2.05, 4.69) is 15.5 Å². The molecule has 0 radical (unpaired) electrons. The van der Waals surface area contributed by atoms with Crippen molar-refractivity contribution in [2.75, 3.05) is 31.5 Å². The molecule has 0 bridgehead atoms. The molecule has 2 saturated heterocycles. The van der Waals surface area contributed by atoms with Crippen LogP contribution in [0.3, 0.4) is 0 Å². The van der Waals surface area contributed by atoms with Gasteiger partial charge in [0.05, 0.1) is 5.56 Å². The van der Waals surface area contributed by atoms with E-state index in [-0.39, 0.29) is 23.6 Å². The maximum absolute atomic E-state index is 13.0. The lowest BCUT2D eigenvalue weighted by atomic mass is 9.85. The number of carboxylic acids is 1. The van der Waals surface area contributed by atoms with Gasteiger partial charge in [-0.2, -0.15) is 13.2 Å². The monoisotopic (exact) mass is 407 g/mol. The van der Waals surface area contributed by atoms with Crippen molar-refractivity contribution < 1.29 is 23.1 Å². The van der Waals surface area contributed by atoms with E-state index >= 15 is 0 Å². The van der Waals surface area contributed by atoms with Gasteiger partial charge in [0.25, 0.3) is 0 Å². The van der Waals surface area contributed by atoms with Gasteiger partial charge in [-0.15, -0.1) is 12.4 Å². The first kappa shape index (κ1) is 21.8. The number of alkyl halides is 3. The predicted octanol–water partition coefficient (Wildman–Crippen LogP) is 3.34. The van der Waals surface area contributed by atoms with E-state index in [1.807, 2.05) is 0 Å². The summed E-state index contributed by atoms with van der Waals surface area (Å²) in [5.41, 5.74) is 0.294. The summed E-state index contributed by atoms with van der Waals surface area (Å²) in [4.78, 5) is 13.2. The van der Waals surface area contributed by atoms with Crippen LogP contribution in [-0.2, 0) is 17.5 Å². The number of nitrogens with zero attached hydrogens (tertiary/aromatic N) is 1. The highest BCUT2D eigenvalue weighted by atomic mass is 35.5. The fraction of sp³-hybridized carbons (Fsp3) is 0.611. The fourth-order valence-corrected chi connectivity index (χ4v) is 4.13. The van der Waals surface area contributed by atoms with E-state index in [0.29, 0.717) is 12.1 Å². The number of carboxylic acid groups (broad SMARTS) is 1. The number of hydrogen-bond acceptors (Lipinski definition) is 4. The van der Waals surface area contributed by atoms with Crippen molar-refractivity contribution in [3.05, 3.63) is 29.3 Å². The molecule has 2 aliphatic heterocycles. The van der Waals surface area contributed by atoms with Gasteiger partial charge in [0.2, 0.25) is 0 Å². The highest BCUT2D eigenvalue weighted by Gasteiger charge is 2.41. The Kier molecular flexibility index (Phi) is 6.99. The third kappa shape index (κ3) is 5.06. The summed E-state index contributed by atoms with van der Waals surface area (Å²) < 4.78 is 39.1. The molecule has 0 unspecified atom stereocenters. The van der Waals surface area contributed by atoms with E-state index in [9.17, 15) is 18.0 Å². The maximum atomic E-state index is 13.0. The van der Waals surface area contributed by atoms with E-state index in [4.69, 9.17) is 5.11 Å². The summed E-state index contributed by atoms with van der Waals surface area (Å²) in [5, 5.41) is 14.9. The lowest BCUT2D eigenvalue weighted by molar-refractivity contribution is -0.137. The van der Waals surface area contributed by atoms with Crippen LogP contribution in [0.5, 0.6) is 0 Å². The topological polar surface area (TPSA) is 64.6 Å². The van der Waals surface area contributed by atoms with Crippen molar-refractivity contribution >= 4 is 24.1 Å². The molecule has 5 nitrogen and oxygen atoms in total. The van der Waals surface area contributed by atoms with Crippen LogP contribution in [-0.4, -0.2) is 47.7 Å². The van der Waals surface area contributed by atoms with E-state index in [1.54, 1.807) is 0 Å². The minimum Gasteiger partial charge on any atom is -0.480 e. The molecule has 0 aromatic heterocycles. The summed E-state index contributed by atoms with van der Waals surface area (Å²) in [5.74, 6) is -1.11. The highest BCUT2D eigenvalue weighted by molar-refractivity contribution is 5.85. The van der Waals surface area contributed by atoms with Crippen molar-refractivity contribution in [1.82, 2.24) is 10.2 Å². The predicted molar refractivity (Wildman–Crippen MR) is 99.3 cm³/mol. The molecule has 1 aromatic carbocycles. The van der Waals surface area contributed by atoms with Crippen LogP contribution in [0.4, 0.5) is 18.9 Å². The van der Waals surface area contributed by atoms with Crippen molar-refractivity contribution in [2.45, 2.75) is 43.9 Å². The summed E-state index contributed by atoms with van der Waals surface area (Å²) >= 11 is 0. The summed E-state index contributed by atoms with van der Waals surface area (Å²) in [7, 11) is 0. The fourth-order valence-electron chi connectivity index (χ4n) is 4.13. The Morgan fingerprint density at radius 2 is 1.96 bits per heavy atom. The Hall–Kier alpha value is -1.51. The highest BCUT2D eigenvalue weighted by Crippen LogP contribution is 2.39. The van der Waals surface area contributed by atoms with Crippen LogP contribution in [0.1, 0.15) is 36.8 Å². The minimum atomic E-state index is -4.46. The molecule has 9 heteroatoms. The number of aliphatic carboxylic acids is 1. The molecular formula is C18H25ClF3N3O2. The quantitative estimate of drug-likeness (QED) is 0.698. The number of rotatable bonds is 5. The lowest BCUT2D eigenvalue weighted by Gasteiger charge is -2.42. The van der Waals surface area contributed by atoms with Crippen molar-refractivity contribution in [3.63, 3.8) is 0 Å². The number of nitrogens with one attached hydrogen (secondary N) is 2. The second-order valence-electron chi connectivity index (χ2n) is 7.12. The number of carbonyl (C=O) groups is 1. The molecular weight excluding hydrogens is 383 g/mol. The van der Waals surface area contributed by atoms with Gasteiger partial charge in [-0.1, -0.05) is 6.07 Å². The van der Waals surface area contributed by atoms with Crippen LogP contribution >= 0.6 is 12.4 Å². The van der Waals surface area contributed by atoms with Gasteiger partial charge in [-0.05, 0) is 63.0 Å². The Morgan fingerprint density at radius 1 is 1.26 bits per heavy atom. The van der Waals surface area contributed by atoms with Crippen molar-refractivity contribution in [3.8, 4) is 0 Å². The molecule has 27 heavy (non-hydrogen) atoms. The van der Waals surface area contributed by atoms with Crippen LogP contribution in [0.15, 0.2) is 18.2 Å². The van der Waals surface area contributed by atoms with Crippen LogP contribution < -0.4 is 10.6 Å². The van der Waals surface area contributed by atoms with Gasteiger partial charge < -0.3 is 15.7 Å². The zero-order valence-corrected chi connectivity index (χ0v) is 15.8. The van der Waals surface area contributed by atoms with Gasteiger partial charge >= 0.3 is 12.1 Å². The first-order chi connectivity index (χ1) is 12.3. The van der Waals surface area contributed by atoms with Crippen LogP contribution in [0.25, 0.3) is 0 Å². The third-order valence-corrected chi connectivity index (χ3v) is 5.50. The number of halogens is 4. The Morgan fingerprint density at radius 3 is 2.59 bits per heavy atom. The Balaban J connectivity index is 0.00000261. The zero-order chi connectivity index (χ0) is 18.8. The first-order valence-electron chi connectivity index (χ1n) is 8.92. The average molecular weight is 408 g/mol. The molecule has 1 aromatic rings. The first-order valence-corrected chi connectivity index (χ1v) is 8.92. The standard InChI is InChI=1S/C18H24F3N3O2.ClH/c19-18(20,21)14-3-2-13(15(10-14)23-11-16(25)26)12-24-9-1-4-17(24)5-7-22-8-6-17;/h2-3,10,22-23H,1,4-9,11-12H2,(H,25,26);1H. The SMILES string of the molecule is Cl.O=C(O)CNc1cc(C(F)(F)F)ccc1CN1CCCC12CCNCC2. The van der Waals surface area contributed by atoms with Crippen LogP contribution in [0, 0.1) is 0 Å². The van der Waals surface area contributed by atoms with Gasteiger partial charge in [-0.3, -0.25) is 9.69 Å². The number of hydrogen-bond donors (Lipinski definition) is 3. The van der Waals surface area contributed by atoms with E-state index in [1.165, 1.54) is 6.07 Å². The molecule has 0 aliphatic carbocycles. The molecule has 3 rings (SSSR count). The molecule has 0 saturated carbocycles. The van der Waals surface area contributed by atoms with Crippen molar-refractivity contribution in [1.29, 1.82) is 0 Å².